The smallest absolute Gasteiger partial charge is 0.317 e. The highest BCUT2D eigenvalue weighted by atomic mass is 35.5. The molecule has 1 aromatic heterocycles. The van der Waals surface area contributed by atoms with Crippen LogP contribution in [0, 0.1) is 30.5 Å². The number of carbonyl (C=O) groups excluding carboxylic acids is 2. The Labute approximate surface area is 357 Å². The number of rotatable bonds is 12. The number of nitrogens with zero attached hydrogens (tertiary/aromatic N) is 5. The molecule has 2 aromatic carbocycles. The van der Waals surface area contributed by atoms with Gasteiger partial charge in [-0.15, -0.1) is 18.0 Å². The summed E-state index contributed by atoms with van der Waals surface area (Å²) in [5.41, 5.74) is 3.89. The van der Waals surface area contributed by atoms with Gasteiger partial charge in [0.2, 0.25) is 10.7 Å². The second-order valence-corrected chi connectivity index (χ2v) is 19.7. The zero-order chi connectivity index (χ0) is 44.7. The van der Waals surface area contributed by atoms with Crippen LogP contribution >= 0.6 is 30.7 Å². The number of aryl methyl sites for hydroxylation is 2. The van der Waals surface area contributed by atoms with Gasteiger partial charge in [0.1, 0.15) is 30.7 Å². The van der Waals surface area contributed by atoms with Crippen LogP contribution in [-0.4, -0.2) is 107 Å². The van der Waals surface area contributed by atoms with Crippen molar-refractivity contribution in [3.63, 3.8) is 0 Å². The van der Waals surface area contributed by atoms with Crippen molar-refractivity contribution in [1.82, 2.24) is 14.3 Å². The van der Waals surface area contributed by atoms with E-state index in [1.54, 1.807) is 12.0 Å². The number of carboxylic acids is 1. The first kappa shape index (κ1) is 51.4. The molecule has 0 spiro atoms. The Bertz CT molecular complexity index is 2070. The first-order valence-corrected chi connectivity index (χ1v) is 23.8. The Hall–Kier alpha value is -3.79. The summed E-state index contributed by atoms with van der Waals surface area (Å²) >= 11 is 7.00. The van der Waals surface area contributed by atoms with E-state index in [-0.39, 0.29) is 48.0 Å². The summed E-state index contributed by atoms with van der Waals surface area (Å²) < 4.78 is 41.4. The fraction of sp³-hybridized carbons (Fsp3) is 0.513. The second kappa shape index (κ2) is 23.9. The number of aliphatic carboxylic acids is 1. The molecule has 2 atom stereocenters. The van der Waals surface area contributed by atoms with Gasteiger partial charge in [0.05, 0.1) is 62.2 Å². The van der Waals surface area contributed by atoms with E-state index in [0.717, 1.165) is 42.0 Å². The highest BCUT2D eigenvalue weighted by Gasteiger charge is 2.31. The van der Waals surface area contributed by atoms with Crippen LogP contribution in [0.3, 0.4) is 0 Å². The number of amides is 2. The van der Waals surface area contributed by atoms with Gasteiger partial charge in [0.15, 0.2) is 12.4 Å². The monoisotopic (exact) mass is 900 g/mol. The minimum Gasteiger partial charge on any atom is -0.778 e. The van der Waals surface area contributed by atoms with E-state index in [1.807, 2.05) is 35.9 Å². The highest BCUT2D eigenvalue weighted by molar-refractivity contribution is 7.94. The van der Waals surface area contributed by atoms with Gasteiger partial charge >= 0.3 is 5.97 Å². The molecule has 20 heteroatoms. The lowest BCUT2D eigenvalue weighted by atomic mass is 9.92. The molecule has 0 bridgehead atoms. The molecule has 3 heterocycles. The zero-order valence-electron chi connectivity index (χ0n) is 34.9. The number of anilines is 2. The number of carboxylic acid groups (broad SMARTS) is 1. The average molecular weight is 901 g/mol. The molecule has 5 rings (SSSR count). The number of aromatic nitrogens is 2. The number of terminal acetylenes is 1. The number of fused-ring (bicyclic) bond motifs is 2. The molecule has 15 nitrogen and oxygen atoms in total. The quantitative estimate of drug-likeness (QED) is 0.103. The molecule has 0 aliphatic carbocycles. The predicted molar refractivity (Wildman–Crippen MR) is 231 cm³/mol. The van der Waals surface area contributed by atoms with Crippen molar-refractivity contribution in [2.75, 3.05) is 74.1 Å². The van der Waals surface area contributed by atoms with Crippen molar-refractivity contribution < 1.29 is 47.7 Å². The molecular weight excluding hydrogens is 846 g/mol. The standard InChI is InChI=1S/C18H17FN4O2S.C15H22ClNO2.C3H8NO5P.C3H9S/c1-4-5-22-13-7-12(11(19)6-14(13)25-9-16(22)24)20-17-23-10-18(2,3)8-15(23)21-26-17;1-5-13-8-6-7-11(2)15(13)17(14(18)9-16)12(3)10-19-4;5-3(6)1-4-2-10(7,8)9;1-4(2)3/h1,6-7H,5,8-10H2,2-3H3;6-8,12H,5,9-10H2,1-4H3;4H,1-2H2,(H,5,6)(H2,7,8,9);1-3H3/q;;;+1/p-1/b20-17-;;;. The van der Waals surface area contributed by atoms with E-state index in [4.69, 9.17) is 37.5 Å². The normalized spacial score (nSPS) is 15.4. The Balaban J connectivity index is 0.000000318. The molecule has 2 aliphatic heterocycles. The van der Waals surface area contributed by atoms with Gasteiger partial charge in [0, 0.05) is 37.7 Å². The summed E-state index contributed by atoms with van der Waals surface area (Å²) in [5, 5.41) is 9.97. The molecule has 2 unspecified atom stereocenters. The van der Waals surface area contributed by atoms with E-state index < -0.39 is 32.2 Å². The third-order valence-electron chi connectivity index (χ3n) is 8.20. The zero-order valence-corrected chi connectivity index (χ0v) is 38.2. The van der Waals surface area contributed by atoms with Crippen molar-refractivity contribution in [3.05, 3.63) is 57.9 Å². The molecule has 326 valence electrons. The van der Waals surface area contributed by atoms with Crippen molar-refractivity contribution in [2.24, 2.45) is 10.4 Å². The van der Waals surface area contributed by atoms with Crippen LogP contribution < -0.4 is 29.5 Å². The summed E-state index contributed by atoms with van der Waals surface area (Å²) in [5.74, 6) is 1.64. The van der Waals surface area contributed by atoms with Gasteiger partial charge in [-0.2, -0.15) is 4.37 Å². The van der Waals surface area contributed by atoms with E-state index >= 15 is 0 Å². The van der Waals surface area contributed by atoms with Gasteiger partial charge < -0.3 is 38.4 Å². The van der Waals surface area contributed by atoms with Crippen LogP contribution in [0.5, 0.6) is 5.75 Å². The second-order valence-electron chi connectivity index (χ2n) is 14.6. The van der Waals surface area contributed by atoms with Crippen molar-refractivity contribution >= 4 is 76.5 Å². The number of benzene rings is 2. The van der Waals surface area contributed by atoms with Gasteiger partial charge in [-0.25, -0.2) is 9.38 Å². The Kier molecular flexibility index (Phi) is 20.8. The highest BCUT2D eigenvalue weighted by Crippen LogP contribution is 2.38. The molecule has 2 aliphatic rings. The van der Waals surface area contributed by atoms with Crippen LogP contribution in [0.4, 0.5) is 21.5 Å². The Morgan fingerprint density at radius 1 is 1.32 bits per heavy atom. The van der Waals surface area contributed by atoms with Gasteiger partial charge in [-0.3, -0.25) is 24.6 Å². The summed E-state index contributed by atoms with van der Waals surface area (Å²) in [6, 6.07) is 8.80. The van der Waals surface area contributed by atoms with E-state index in [9.17, 15) is 28.2 Å². The van der Waals surface area contributed by atoms with E-state index in [0.29, 0.717) is 33.7 Å². The average Bonchev–Trinajstić information content (AvgIpc) is 3.65. The lowest BCUT2D eigenvalue weighted by Gasteiger charge is -2.31. The Morgan fingerprint density at radius 3 is 2.54 bits per heavy atom. The minimum atomic E-state index is -4.35. The maximum atomic E-state index is 14.5. The van der Waals surface area contributed by atoms with Crippen molar-refractivity contribution in [3.8, 4) is 18.1 Å². The fourth-order valence-electron chi connectivity index (χ4n) is 5.87. The molecule has 0 fully saturated rings. The third-order valence-corrected chi connectivity index (χ3v) is 9.83. The molecule has 3 N–H and O–H groups in total. The first-order valence-electron chi connectivity index (χ1n) is 18.3. The number of alkyl halides is 1. The molecule has 59 heavy (non-hydrogen) atoms. The number of hydrogen-bond acceptors (Lipinski definition) is 11. The van der Waals surface area contributed by atoms with E-state index in [1.165, 1.54) is 28.6 Å². The number of carbonyl (C=O) groups is 3. The van der Waals surface area contributed by atoms with Crippen molar-refractivity contribution in [1.29, 1.82) is 0 Å². The van der Waals surface area contributed by atoms with Gasteiger partial charge in [-0.05, 0) is 53.8 Å². The maximum absolute atomic E-state index is 14.5. The minimum absolute atomic E-state index is 0.0223. The van der Waals surface area contributed by atoms with Gasteiger partial charge in [0.25, 0.3) is 5.91 Å². The van der Waals surface area contributed by atoms with Crippen LogP contribution in [0.2, 0.25) is 0 Å². The lowest BCUT2D eigenvalue weighted by Crippen LogP contribution is -2.43. The molecule has 0 radical (unpaired) electrons. The molecule has 0 saturated heterocycles. The van der Waals surface area contributed by atoms with Gasteiger partial charge in [-0.1, -0.05) is 44.9 Å². The van der Waals surface area contributed by atoms with Crippen LogP contribution in [0.15, 0.2) is 35.3 Å². The van der Waals surface area contributed by atoms with Crippen molar-refractivity contribution in [2.45, 2.75) is 60.0 Å². The molecule has 0 saturated carbocycles. The number of methoxy groups -OCH3 is 1. The first-order chi connectivity index (χ1) is 27.6. The van der Waals surface area contributed by atoms with Crippen LogP contribution in [0.25, 0.3) is 0 Å². The molecule has 2 amide bonds. The number of hydrogen-bond donors (Lipinski definition) is 3. The van der Waals surface area contributed by atoms with Crippen LogP contribution in [-0.2, 0) is 54.0 Å². The summed E-state index contributed by atoms with van der Waals surface area (Å²) in [6.07, 6.45) is 13.0. The summed E-state index contributed by atoms with van der Waals surface area (Å²) in [7, 11) is -2.07. The number of para-hydroxylation sites is 1. The SMILES string of the molecule is C#CCN1C(=O)COc2cc(F)c(/N=c3\snc4n3CC(C)(C)C4)cc21.CCc1cccc(C)c1N(C(=O)CCl)C(C)COC.C[S+](C)C.O=C(O)CNCP(=O)([O-])O. The predicted octanol–water partition coefficient (Wildman–Crippen LogP) is 4.08. The fourth-order valence-corrected chi connectivity index (χ4v) is 7.15. The summed E-state index contributed by atoms with van der Waals surface area (Å²) in [4.78, 5) is 60.3. The van der Waals surface area contributed by atoms with E-state index in [2.05, 4.69) is 60.9 Å². The van der Waals surface area contributed by atoms with Crippen LogP contribution in [0.1, 0.15) is 44.6 Å². The third kappa shape index (κ3) is 16.3. The number of halogens is 2. The Morgan fingerprint density at radius 2 is 1.98 bits per heavy atom. The molecular formula is C39H55ClFN6O9PS2. The number of ether oxygens (including phenoxy) is 2. The maximum Gasteiger partial charge on any atom is 0.317 e. The lowest BCUT2D eigenvalue weighted by molar-refractivity contribution is -0.193. The largest absolute Gasteiger partial charge is 0.778 e. The molecule has 3 aromatic rings. The number of nitrogens with one attached hydrogen (secondary N) is 1. The topological polar surface area (TPSA) is 199 Å². The summed E-state index contributed by atoms with van der Waals surface area (Å²) in [6.45, 7) is 11.1.